The second-order valence-corrected chi connectivity index (χ2v) is 2.60. The van der Waals surface area contributed by atoms with Gasteiger partial charge in [-0.25, -0.2) is 0 Å². The summed E-state index contributed by atoms with van der Waals surface area (Å²) in [4.78, 5) is 12.0. The van der Waals surface area contributed by atoms with Crippen molar-refractivity contribution >= 4 is 6.41 Å². The van der Waals surface area contributed by atoms with E-state index in [0.717, 1.165) is 25.9 Å². The zero-order chi connectivity index (χ0) is 6.69. The first-order valence-corrected chi connectivity index (χ1v) is 3.35. The Bertz CT molecular complexity index is 95.1. The van der Waals surface area contributed by atoms with Gasteiger partial charge in [-0.15, -0.1) is 0 Å². The maximum absolute atomic E-state index is 10.2. The maximum Gasteiger partial charge on any atom is 0.209 e. The highest BCUT2D eigenvalue weighted by Gasteiger charge is 2.13. The number of rotatable bonds is 1. The summed E-state index contributed by atoms with van der Waals surface area (Å²) < 4.78 is 0. The second-order valence-electron chi connectivity index (χ2n) is 2.60. The number of nitrogens with zero attached hydrogens (tertiary/aromatic N) is 1. The molecule has 0 aromatic carbocycles. The molecule has 1 saturated heterocycles. The van der Waals surface area contributed by atoms with E-state index in [1.54, 1.807) is 4.90 Å². The molecule has 0 bridgehead atoms. The molecule has 0 aromatic rings. The van der Waals surface area contributed by atoms with Gasteiger partial charge in [-0.3, -0.25) is 4.79 Å². The van der Waals surface area contributed by atoms with E-state index in [1.807, 2.05) is 0 Å². The highest BCUT2D eigenvalue weighted by Crippen LogP contribution is 2.12. The number of carbonyl (C=O) groups is 1. The minimum absolute atomic E-state index is 0.696. The fraction of sp³-hybridized carbons (Fsp3) is 0.714. The highest BCUT2D eigenvalue weighted by atomic mass is 16.1. The number of likely N-dealkylation sites (tertiary alicyclic amines) is 1. The van der Waals surface area contributed by atoms with E-state index in [9.17, 15) is 4.79 Å². The van der Waals surface area contributed by atoms with E-state index in [4.69, 9.17) is 0 Å². The van der Waals surface area contributed by atoms with Crippen molar-refractivity contribution in [2.24, 2.45) is 5.92 Å². The van der Waals surface area contributed by atoms with Crippen molar-refractivity contribution < 1.29 is 4.79 Å². The first-order chi connectivity index (χ1) is 4.33. The summed E-state index contributed by atoms with van der Waals surface area (Å²) in [7, 11) is 0. The van der Waals surface area contributed by atoms with Gasteiger partial charge in [0.25, 0.3) is 0 Å². The van der Waals surface area contributed by atoms with Crippen LogP contribution in [0.1, 0.15) is 13.3 Å². The molecule has 1 aliphatic rings. The number of hydrogen-bond donors (Lipinski definition) is 0. The summed E-state index contributed by atoms with van der Waals surface area (Å²) in [5.41, 5.74) is 0. The van der Waals surface area contributed by atoms with Crippen LogP contribution in [-0.2, 0) is 4.79 Å². The van der Waals surface area contributed by atoms with Gasteiger partial charge in [0.1, 0.15) is 0 Å². The third-order valence-corrected chi connectivity index (χ3v) is 1.76. The van der Waals surface area contributed by atoms with Gasteiger partial charge >= 0.3 is 0 Å². The molecule has 2 heteroatoms. The van der Waals surface area contributed by atoms with Crippen LogP contribution in [0.15, 0.2) is 0 Å². The van der Waals surface area contributed by atoms with Gasteiger partial charge in [0.2, 0.25) is 6.41 Å². The van der Waals surface area contributed by atoms with Crippen LogP contribution in [0.3, 0.4) is 0 Å². The first-order valence-electron chi connectivity index (χ1n) is 3.35. The van der Waals surface area contributed by atoms with Crippen molar-refractivity contribution in [3.05, 3.63) is 6.42 Å². The Kier molecular flexibility index (Phi) is 2.09. The number of amides is 1. The average molecular weight is 126 g/mol. The van der Waals surface area contributed by atoms with Crippen LogP contribution in [0.5, 0.6) is 0 Å². The summed E-state index contributed by atoms with van der Waals surface area (Å²) >= 11 is 0. The molecule has 1 amide bonds. The topological polar surface area (TPSA) is 20.3 Å². The average Bonchev–Trinajstić information content (AvgIpc) is 1.90. The lowest BCUT2D eigenvalue weighted by atomic mass is 10.00. The summed E-state index contributed by atoms with van der Waals surface area (Å²) in [5.74, 6) is 0.696. The molecule has 0 saturated carbocycles. The Morgan fingerprint density at radius 2 is 2.56 bits per heavy atom. The standard InChI is InChI=1S/C7H12NO/c1-7-2-4-8(6-9)5-3-7/h2,6-7H,3-5H2,1H3/t7-/m0/s1. The fourth-order valence-electron chi connectivity index (χ4n) is 0.990. The van der Waals surface area contributed by atoms with Crippen LogP contribution >= 0.6 is 0 Å². The van der Waals surface area contributed by atoms with Crippen LogP contribution in [-0.4, -0.2) is 24.4 Å². The van der Waals surface area contributed by atoms with Crippen molar-refractivity contribution in [1.29, 1.82) is 0 Å². The molecule has 2 nitrogen and oxygen atoms in total. The lowest BCUT2D eigenvalue weighted by molar-refractivity contribution is -0.118. The fourth-order valence-corrected chi connectivity index (χ4v) is 0.990. The molecule has 51 valence electrons. The Morgan fingerprint density at radius 3 is 3.00 bits per heavy atom. The molecule has 0 aliphatic carbocycles. The van der Waals surface area contributed by atoms with Crippen LogP contribution in [0.4, 0.5) is 0 Å². The van der Waals surface area contributed by atoms with Crippen LogP contribution < -0.4 is 0 Å². The first kappa shape index (κ1) is 6.59. The molecule has 0 aromatic heterocycles. The lowest BCUT2D eigenvalue weighted by Crippen LogP contribution is -2.31. The SMILES string of the molecule is C[C@H]1[CH]CN(C=O)CC1. The highest BCUT2D eigenvalue weighted by molar-refractivity contribution is 5.47. The third-order valence-electron chi connectivity index (χ3n) is 1.76. The summed E-state index contributed by atoms with van der Waals surface area (Å²) in [6, 6.07) is 0. The van der Waals surface area contributed by atoms with Gasteiger partial charge in [-0.2, -0.15) is 0 Å². The summed E-state index contributed by atoms with van der Waals surface area (Å²) in [5, 5.41) is 0. The van der Waals surface area contributed by atoms with Gasteiger partial charge in [-0.1, -0.05) is 6.92 Å². The van der Waals surface area contributed by atoms with E-state index in [-0.39, 0.29) is 0 Å². The van der Waals surface area contributed by atoms with Crippen molar-refractivity contribution in [2.45, 2.75) is 13.3 Å². The lowest BCUT2D eigenvalue weighted by Gasteiger charge is -2.26. The molecule has 0 unspecified atom stereocenters. The largest absolute Gasteiger partial charge is 0.345 e. The van der Waals surface area contributed by atoms with E-state index in [0.29, 0.717) is 5.92 Å². The smallest absolute Gasteiger partial charge is 0.209 e. The monoisotopic (exact) mass is 126 g/mol. The van der Waals surface area contributed by atoms with Crippen molar-refractivity contribution in [3.63, 3.8) is 0 Å². The quantitative estimate of drug-likeness (QED) is 0.473. The minimum Gasteiger partial charge on any atom is -0.345 e. The van der Waals surface area contributed by atoms with E-state index < -0.39 is 0 Å². The molecular weight excluding hydrogens is 114 g/mol. The van der Waals surface area contributed by atoms with E-state index in [1.165, 1.54) is 0 Å². The normalized spacial score (nSPS) is 22.1. The Balaban J connectivity index is 2.26. The zero-order valence-electron chi connectivity index (χ0n) is 5.71. The molecule has 1 atom stereocenters. The van der Waals surface area contributed by atoms with Crippen molar-refractivity contribution in [3.8, 4) is 0 Å². The van der Waals surface area contributed by atoms with Gasteiger partial charge < -0.3 is 4.90 Å². The Labute approximate surface area is 55.8 Å². The van der Waals surface area contributed by atoms with Crippen LogP contribution in [0.2, 0.25) is 0 Å². The zero-order valence-corrected chi connectivity index (χ0v) is 5.71. The summed E-state index contributed by atoms with van der Waals surface area (Å²) in [6.45, 7) is 3.95. The van der Waals surface area contributed by atoms with Gasteiger partial charge in [0.05, 0.1) is 0 Å². The molecular formula is C7H12NO. The van der Waals surface area contributed by atoms with E-state index in [2.05, 4.69) is 13.3 Å². The third kappa shape index (κ3) is 1.70. The van der Waals surface area contributed by atoms with Crippen molar-refractivity contribution in [1.82, 2.24) is 4.90 Å². The van der Waals surface area contributed by atoms with Gasteiger partial charge in [0, 0.05) is 13.1 Å². The second kappa shape index (κ2) is 2.85. The predicted molar refractivity (Wildman–Crippen MR) is 35.7 cm³/mol. The molecule has 1 radical (unpaired) electrons. The molecule has 1 fully saturated rings. The molecule has 1 aliphatic heterocycles. The van der Waals surface area contributed by atoms with E-state index >= 15 is 0 Å². The summed E-state index contributed by atoms with van der Waals surface area (Å²) in [6.07, 6.45) is 4.22. The molecule has 0 N–H and O–H groups in total. The van der Waals surface area contributed by atoms with Crippen LogP contribution in [0.25, 0.3) is 0 Å². The van der Waals surface area contributed by atoms with Gasteiger partial charge in [0.15, 0.2) is 0 Å². The molecule has 9 heavy (non-hydrogen) atoms. The van der Waals surface area contributed by atoms with Gasteiger partial charge in [-0.05, 0) is 18.8 Å². The molecule has 1 rings (SSSR count). The molecule has 1 heterocycles. The van der Waals surface area contributed by atoms with Crippen molar-refractivity contribution in [2.75, 3.05) is 13.1 Å². The minimum atomic E-state index is 0.696. The number of piperidine rings is 1. The number of carbonyl (C=O) groups excluding carboxylic acids is 1. The number of hydrogen-bond acceptors (Lipinski definition) is 1. The Hall–Kier alpha value is -0.530. The Morgan fingerprint density at radius 1 is 1.78 bits per heavy atom. The maximum atomic E-state index is 10.2. The predicted octanol–water partition coefficient (Wildman–Crippen LogP) is 0.689. The van der Waals surface area contributed by atoms with Crippen LogP contribution in [0, 0.1) is 12.3 Å². The molecule has 0 spiro atoms.